The Morgan fingerprint density at radius 1 is 1.39 bits per heavy atom. The van der Waals surface area contributed by atoms with Crippen molar-refractivity contribution in [2.24, 2.45) is 5.92 Å². The monoisotopic (exact) mass is 249 g/mol. The van der Waals surface area contributed by atoms with Gasteiger partial charge in [-0.3, -0.25) is 4.68 Å². The third-order valence-electron chi connectivity index (χ3n) is 3.86. The number of rotatable bonds is 7. The molecule has 1 N–H and O–H groups in total. The molecule has 2 rings (SSSR count). The molecule has 1 aromatic rings. The molecule has 0 radical (unpaired) electrons. The number of hydrogen-bond donors (Lipinski definition) is 1. The van der Waals surface area contributed by atoms with Crippen LogP contribution >= 0.6 is 0 Å². The van der Waals surface area contributed by atoms with Gasteiger partial charge in [0.25, 0.3) is 0 Å². The van der Waals surface area contributed by atoms with Crippen LogP contribution in [0.5, 0.6) is 0 Å². The number of nitrogens with one attached hydrogen (secondary N) is 1. The Morgan fingerprint density at radius 2 is 2.11 bits per heavy atom. The SMILES string of the molecule is CCCc1c(CNC(C)C)cnn1C(C)C1CC1. The first kappa shape index (κ1) is 13.6. The fraction of sp³-hybridized carbons (Fsp3) is 0.800. The lowest BCUT2D eigenvalue weighted by molar-refractivity contribution is 0.423. The minimum absolute atomic E-state index is 0.531. The molecule has 0 aromatic carbocycles. The van der Waals surface area contributed by atoms with E-state index in [0.717, 1.165) is 18.9 Å². The fourth-order valence-electron chi connectivity index (χ4n) is 2.53. The van der Waals surface area contributed by atoms with Crippen LogP contribution in [-0.4, -0.2) is 15.8 Å². The lowest BCUT2D eigenvalue weighted by Gasteiger charge is -2.16. The van der Waals surface area contributed by atoms with Crippen molar-refractivity contribution in [2.75, 3.05) is 0 Å². The van der Waals surface area contributed by atoms with Crippen LogP contribution in [0.1, 0.15) is 64.3 Å². The molecular formula is C15H27N3. The molecule has 1 saturated carbocycles. The van der Waals surface area contributed by atoms with Gasteiger partial charge in [-0.25, -0.2) is 0 Å². The second-order valence-corrected chi connectivity index (χ2v) is 5.92. The highest BCUT2D eigenvalue weighted by Crippen LogP contribution is 2.39. The number of hydrogen-bond acceptors (Lipinski definition) is 2. The Labute approximate surface area is 111 Å². The summed E-state index contributed by atoms with van der Waals surface area (Å²) in [5.74, 6) is 0.867. The minimum Gasteiger partial charge on any atom is -0.310 e. The lowest BCUT2D eigenvalue weighted by atomic mass is 10.1. The predicted octanol–water partition coefficient (Wildman–Crippen LogP) is 3.30. The molecule has 1 fully saturated rings. The van der Waals surface area contributed by atoms with Crippen LogP contribution in [0.15, 0.2) is 6.20 Å². The summed E-state index contributed by atoms with van der Waals surface area (Å²) in [4.78, 5) is 0. The highest BCUT2D eigenvalue weighted by Gasteiger charge is 2.31. The summed E-state index contributed by atoms with van der Waals surface area (Å²) in [6.45, 7) is 9.90. The first-order valence-electron chi connectivity index (χ1n) is 7.42. The van der Waals surface area contributed by atoms with Crippen LogP contribution in [-0.2, 0) is 13.0 Å². The third kappa shape index (κ3) is 3.14. The average Bonchev–Trinajstić information content (AvgIpc) is 3.10. The third-order valence-corrected chi connectivity index (χ3v) is 3.86. The van der Waals surface area contributed by atoms with Crippen LogP contribution in [0.25, 0.3) is 0 Å². The number of nitrogens with zero attached hydrogens (tertiary/aromatic N) is 2. The topological polar surface area (TPSA) is 29.9 Å². The van der Waals surface area contributed by atoms with Crippen LogP contribution in [0.2, 0.25) is 0 Å². The van der Waals surface area contributed by atoms with Crippen molar-refractivity contribution in [3.8, 4) is 0 Å². The first-order valence-corrected chi connectivity index (χ1v) is 7.42. The Hall–Kier alpha value is -0.830. The van der Waals surface area contributed by atoms with Crippen molar-refractivity contribution in [1.82, 2.24) is 15.1 Å². The highest BCUT2D eigenvalue weighted by atomic mass is 15.3. The maximum absolute atomic E-state index is 4.65. The molecule has 1 unspecified atom stereocenters. The Kier molecular flexibility index (Phi) is 4.44. The summed E-state index contributed by atoms with van der Waals surface area (Å²) >= 11 is 0. The standard InChI is InChI=1S/C15H27N3/c1-5-6-15-14(9-16-11(2)3)10-17-18(15)12(4)13-7-8-13/h10-13,16H,5-9H2,1-4H3. The zero-order valence-corrected chi connectivity index (χ0v) is 12.2. The van der Waals surface area contributed by atoms with Gasteiger partial charge in [0.2, 0.25) is 0 Å². The van der Waals surface area contributed by atoms with Crippen molar-refractivity contribution in [3.05, 3.63) is 17.5 Å². The summed E-state index contributed by atoms with van der Waals surface area (Å²) < 4.78 is 2.29. The van der Waals surface area contributed by atoms with Gasteiger partial charge < -0.3 is 5.32 Å². The van der Waals surface area contributed by atoms with Gasteiger partial charge in [0.1, 0.15) is 0 Å². The van der Waals surface area contributed by atoms with Crippen molar-refractivity contribution >= 4 is 0 Å². The molecule has 3 nitrogen and oxygen atoms in total. The molecule has 0 saturated heterocycles. The van der Waals surface area contributed by atoms with Gasteiger partial charge in [0, 0.05) is 23.8 Å². The van der Waals surface area contributed by atoms with Crippen LogP contribution in [0.4, 0.5) is 0 Å². The fourth-order valence-corrected chi connectivity index (χ4v) is 2.53. The molecule has 102 valence electrons. The van der Waals surface area contributed by atoms with E-state index in [1.807, 2.05) is 0 Å². The molecule has 1 atom stereocenters. The van der Waals surface area contributed by atoms with Gasteiger partial charge >= 0.3 is 0 Å². The van der Waals surface area contributed by atoms with Gasteiger partial charge in [-0.15, -0.1) is 0 Å². The maximum Gasteiger partial charge on any atom is 0.0537 e. The molecule has 0 bridgehead atoms. The molecule has 18 heavy (non-hydrogen) atoms. The largest absolute Gasteiger partial charge is 0.310 e. The zero-order chi connectivity index (χ0) is 13.1. The van der Waals surface area contributed by atoms with E-state index in [0.29, 0.717) is 12.1 Å². The van der Waals surface area contributed by atoms with Crippen LogP contribution < -0.4 is 5.32 Å². The second-order valence-electron chi connectivity index (χ2n) is 5.92. The summed E-state index contributed by atoms with van der Waals surface area (Å²) in [6.07, 6.45) is 7.17. The molecule has 1 aliphatic carbocycles. The van der Waals surface area contributed by atoms with Gasteiger partial charge in [-0.1, -0.05) is 27.2 Å². The normalized spacial score (nSPS) is 17.4. The van der Waals surface area contributed by atoms with E-state index in [1.54, 1.807) is 0 Å². The van der Waals surface area contributed by atoms with E-state index in [-0.39, 0.29) is 0 Å². The lowest BCUT2D eigenvalue weighted by Crippen LogP contribution is -2.22. The van der Waals surface area contributed by atoms with E-state index in [9.17, 15) is 0 Å². The Morgan fingerprint density at radius 3 is 2.67 bits per heavy atom. The van der Waals surface area contributed by atoms with Crippen molar-refractivity contribution in [1.29, 1.82) is 0 Å². The molecule has 1 aliphatic rings. The second kappa shape index (κ2) is 5.87. The molecular weight excluding hydrogens is 222 g/mol. The van der Waals surface area contributed by atoms with Crippen LogP contribution in [0, 0.1) is 5.92 Å². The number of aromatic nitrogens is 2. The molecule has 1 aromatic heterocycles. The zero-order valence-electron chi connectivity index (χ0n) is 12.2. The van der Waals surface area contributed by atoms with E-state index >= 15 is 0 Å². The summed E-state index contributed by atoms with van der Waals surface area (Å²) in [7, 11) is 0. The van der Waals surface area contributed by atoms with E-state index < -0.39 is 0 Å². The molecule has 1 heterocycles. The van der Waals surface area contributed by atoms with Gasteiger partial charge in [-0.05, 0) is 32.1 Å². The average molecular weight is 249 g/mol. The predicted molar refractivity (Wildman–Crippen MR) is 75.6 cm³/mol. The Bertz CT molecular complexity index is 377. The summed E-state index contributed by atoms with van der Waals surface area (Å²) in [5.41, 5.74) is 2.84. The van der Waals surface area contributed by atoms with E-state index in [4.69, 9.17) is 0 Å². The van der Waals surface area contributed by atoms with Crippen molar-refractivity contribution in [2.45, 2.75) is 72.0 Å². The summed E-state index contributed by atoms with van der Waals surface area (Å²) in [6, 6.07) is 1.11. The molecule has 0 spiro atoms. The molecule has 3 heteroatoms. The quantitative estimate of drug-likeness (QED) is 0.803. The van der Waals surface area contributed by atoms with Crippen molar-refractivity contribution in [3.63, 3.8) is 0 Å². The van der Waals surface area contributed by atoms with E-state index in [1.165, 1.54) is 30.5 Å². The van der Waals surface area contributed by atoms with Gasteiger partial charge in [0.15, 0.2) is 0 Å². The van der Waals surface area contributed by atoms with Crippen molar-refractivity contribution < 1.29 is 0 Å². The van der Waals surface area contributed by atoms with Gasteiger partial charge in [-0.2, -0.15) is 5.10 Å². The highest BCUT2D eigenvalue weighted by molar-refractivity contribution is 5.19. The maximum atomic E-state index is 4.65. The molecule has 0 aliphatic heterocycles. The van der Waals surface area contributed by atoms with Crippen LogP contribution in [0.3, 0.4) is 0 Å². The smallest absolute Gasteiger partial charge is 0.0537 e. The molecule has 0 amide bonds. The summed E-state index contributed by atoms with van der Waals surface area (Å²) in [5, 5.41) is 8.15. The van der Waals surface area contributed by atoms with E-state index in [2.05, 4.69) is 49.0 Å². The Balaban J connectivity index is 2.13. The van der Waals surface area contributed by atoms with Gasteiger partial charge in [0.05, 0.1) is 12.2 Å². The minimum atomic E-state index is 0.531. The first-order chi connectivity index (χ1) is 8.63.